The lowest BCUT2D eigenvalue weighted by atomic mass is 10.2. The Morgan fingerprint density at radius 2 is 2.00 bits per heavy atom. The maximum Gasteiger partial charge on any atom is 0.270 e. The molecule has 0 bridgehead atoms. The third kappa shape index (κ3) is 3.00. The first-order chi connectivity index (χ1) is 10.1. The van der Waals surface area contributed by atoms with Crippen molar-refractivity contribution >= 4 is 57.6 Å². The Kier molecular flexibility index (Phi) is 4.05. The second kappa shape index (κ2) is 5.97. The zero-order chi connectivity index (χ0) is 14.8. The number of carbonyl (C=O) groups excluding carboxylic acids is 1. The highest BCUT2D eigenvalue weighted by molar-refractivity contribution is 8.27. The van der Waals surface area contributed by atoms with E-state index in [1.165, 1.54) is 16.7 Å². The highest BCUT2D eigenvalue weighted by atomic mass is 35.5. The lowest BCUT2D eigenvalue weighted by Gasteiger charge is -2.14. The molecule has 0 spiro atoms. The van der Waals surface area contributed by atoms with Crippen LogP contribution in [0.25, 0.3) is 6.08 Å². The van der Waals surface area contributed by atoms with Crippen molar-refractivity contribution in [3.63, 3.8) is 0 Å². The molecule has 104 valence electrons. The van der Waals surface area contributed by atoms with Crippen molar-refractivity contribution in [3.05, 3.63) is 64.3 Å². The number of anilines is 1. The van der Waals surface area contributed by atoms with E-state index in [-0.39, 0.29) is 5.91 Å². The maximum absolute atomic E-state index is 12.5. The van der Waals surface area contributed by atoms with E-state index in [9.17, 15) is 4.79 Å². The van der Waals surface area contributed by atoms with Crippen LogP contribution in [0.2, 0.25) is 5.02 Å². The van der Waals surface area contributed by atoms with Crippen molar-refractivity contribution in [2.45, 2.75) is 0 Å². The van der Waals surface area contributed by atoms with Crippen LogP contribution in [0.4, 0.5) is 5.69 Å². The molecule has 1 aromatic carbocycles. The molecule has 0 aliphatic carbocycles. The molecular weight excluding hydrogens is 324 g/mol. The molecule has 21 heavy (non-hydrogen) atoms. The van der Waals surface area contributed by atoms with E-state index in [4.69, 9.17) is 23.8 Å². The molecule has 1 aliphatic heterocycles. The Hall–Kier alpha value is -1.69. The fraction of sp³-hybridized carbons (Fsp3) is 0. The minimum absolute atomic E-state index is 0.135. The van der Waals surface area contributed by atoms with Crippen LogP contribution in [0, 0.1) is 0 Å². The van der Waals surface area contributed by atoms with Gasteiger partial charge in [0.05, 0.1) is 10.6 Å². The summed E-state index contributed by atoms with van der Waals surface area (Å²) in [6, 6.07) is 10.8. The largest absolute Gasteiger partial charge is 0.270 e. The SMILES string of the molecule is O=C1/C(=C\c2ccncc2)SC(=S)N1c1cccc(Cl)c1. The average Bonchev–Trinajstić information content (AvgIpc) is 2.74. The van der Waals surface area contributed by atoms with Gasteiger partial charge in [-0.2, -0.15) is 0 Å². The fourth-order valence-corrected chi connectivity index (χ4v) is 3.40. The molecule has 0 atom stereocenters. The van der Waals surface area contributed by atoms with Crippen molar-refractivity contribution in [2.75, 3.05) is 4.90 Å². The summed E-state index contributed by atoms with van der Waals surface area (Å²) in [6.07, 6.45) is 5.18. The lowest BCUT2D eigenvalue weighted by Crippen LogP contribution is -2.27. The molecular formula is C15H9ClN2OS2. The normalized spacial score (nSPS) is 16.8. The minimum Gasteiger partial charge on any atom is -0.268 e. The van der Waals surface area contributed by atoms with Gasteiger partial charge in [-0.3, -0.25) is 14.7 Å². The number of thioether (sulfide) groups is 1. The molecule has 0 unspecified atom stereocenters. The first-order valence-corrected chi connectivity index (χ1v) is 7.69. The van der Waals surface area contributed by atoms with Crippen molar-refractivity contribution in [1.29, 1.82) is 0 Å². The number of thiocarbonyl (C=S) groups is 1. The van der Waals surface area contributed by atoms with Crippen molar-refractivity contribution < 1.29 is 4.79 Å². The van der Waals surface area contributed by atoms with E-state index >= 15 is 0 Å². The lowest BCUT2D eigenvalue weighted by molar-refractivity contribution is -0.113. The molecule has 0 radical (unpaired) electrons. The molecule has 1 aliphatic rings. The fourth-order valence-electron chi connectivity index (χ4n) is 1.92. The molecule has 2 aromatic rings. The van der Waals surface area contributed by atoms with E-state index in [2.05, 4.69) is 4.98 Å². The average molecular weight is 333 g/mol. The molecule has 2 heterocycles. The summed E-state index contributed by atoms with van der Waals surface area (Å²) in [5.41, 5.74) is 1.60. The van der Waals surface area contributed by atoms with E-state index in [1.54, 1.807) is 30.6 Å². The number of rotatable bonds is 2. The number of pyridine rings is 1. The van der Waals surface area contributed by atoms with Gasteiger partial charge in [-0.05, 0) is 42.0 Å². The molecule has 3 nitrogen and oxygen atoms in total. The first-order valence-electron chi connectivity index (χ1n) is 6.09. The quantitative estimate of drug-likeness (QED) is 0.611. The summed E-state index contributed by atoms with van der Waals surface area (Å²) >= 11 is 12.6. The smallest absolute Gasteiger partial charge is 0.268 e. The van der Waals surface area contributed by atoms with Gasteiger partial charge in [-0.25, -0.2) is 0 Å². The van der Waals surface area contributed by atoms with Gasteiger partial charge in [0.15, 0.2) is 4.32 Å². The zero-order valence-corrected chi connectivity index (χ0v) is 13.1. The van der Waals surface area contributed by atoms with Crippen LogP contribution in [0.3, 0.4) is 0 Å². The molecule has 1 amide bonds. The van der Waals surface area contributed by atoms with Gasteiger partial charge in [0, 0.05) is 17.4 Å². The highest BCUT2D eigenvalue weighted by Gasteiger charge is 2.33. The third-order valence-electron chi connectivity index (χ3n) is 2.86. The van der Waals surface area contributed by atoms with Crippen LogP contribution < -0.4 is 4.90 Å². The second-order valence-corrected chi connectivity index (χ2v) is 6.39. The van der Waals surface area contributed by atoms with Crippen molar-refractivity contribution in [1.82, 2.24) is 4.98 Å². The van der Waals surface area contributed by atoms with Crippen LogP contribution in [0.15, 0.2) is 53.7 Å². The Bertz CT molecular complexity index is 746. The van der Waals surface area contributed by atoms with Gasteiger partial charge in [0.2, 0.25) is 0 Å². The number of aromatic nitrogens is 1. The number of halogens is 1. The Balaban J connectivity index is 1.94. The summed E-state index contributed by atoms with van der Waals surface area (Å²) in [7, 11) is 0. The number of benzene rings is 1. The zero-order valence-electron chi connectivity index (χ0n) is 10.7. The molecule has 1 saturated heterocycles. The van der Waals surface area contributed by atoms with E-state index in [1.807, 2.05) is 24.3 Å². The van der Waals surface area contributed by atoms with Gasteiger partial charge in [0.25, 0.3) is 5.91 Å². The van der Waals surface area contributed by atoms with Crippen molar-refractivity contribution in [3.8, 4) is 0 Å². The predicted octanol–water partition coefficient (Wildman–Crippen LogP) is 4.14. The van der Waals surface area contributed by atoms with Crippen LogP contribution in [-0.2, 0) is 4.79 Å². The van der Waals surface area contributed by atoms with Gasteiger partial charge in [0.1, 0.15) is 0 Å². The highest BCUT2D eigenvalue weighted by Crippen LogP contribution is 2.36. The van der Waals surface area contributed by atoms with Crippen LogP contribution in [0.1, 0.15) is 5.56 Å². The topological polar surface area (TPSA) is 33.2 Å². The van der Waals surface area contributed by atoms with Crippen molar-refractivity contribution in [2.24, 2.45) is 0 Å². The Morgan fingerprint density at radius 3 is 2.71 bits per heavy atom. The monoisotopic (exact) mass is 332 g/mol. The second-order valence-electron chi connectivity index (χ2n) is 4.28. The summed E-state index contributed by atoms with van der Waals surface area (Å²) in [4.78, 5) is 18.6. The molecule has 0 saturated carbocycles. The van der Waals surface area contributed by atoms with E-state index in [0.717, 1.165) is 5.56 Å². The summed E-state index contributed by atoms with van der Waals surface area (Å²) < 4.78 is 0.502. The minimum atomic E-state index is -0.135. The summed E-state index contributed by atoms with van der Waals surface area (Å²) in [6.45, 7) is 0. The molecule has 0 N–H and O–H groups in total. The number of hydrogen-bond donors (Lipinski definition) is 0. The van der Waals surface area contributed by atoms with Gasteiger partial charge in [-0.1, -0.05) is 41.6 Å². The van der Waals surface area contributed by atoms with Gasteiger partial charge in [-0.15, -0.1) is 0 Å². The summed E-state index contributed by atoms with van der Waals surface area (Å²) in [5.74, 6) is -0.135. The Morgan fingerprint density at radius 1 is 1.24 bits per heavy atom. The number of carbonyl (C=O) groups is 1. The number of hydrogen-bond acceptors (Lipinski definition) is 4. The van der Waals surface area contributed by atoms with Crippen LogP contribution in [0.5, 0.6) is 0 Å². The summed E-state index contributed by atoms with van der Waals surface area (Å²) in [5, 5.41) is 0.569. The molecule has 1 aromatic heterocycles. The third-order valence-corrected chi connectivity index (χ3v) is 4.40. The van der Waals surface area contributed by atoms with Crippen LogP contribution >= 0.6 is 35.6 Å². The number of amides is 1. The van der Waals surface area contributed by atoms with E-state index < -0.39 is 0 Å². The predicted molar refractivity (Wildman–Crippen MR) is 91.3 cm³/mol. The molecule has 1 fully saturated rings. The molecule has 3 rings (SSSR count). The van der Waals surface area contributed by atoms with Gasteiger partial charge < -0.3 is 0 Å². The van der Waals surface area contributed by atoms with Crippen LogP contribution in [-0.4, -0.2) is 15.2 Å². The Labute approximate surface area is 136 Å². The maximum atomic E-state index is 12.5. The standard InChI is InChI=1S/C15H9ClN2OS2/c16-11-2-1-3-12(9-11)18-14(19)13(21-15(18)20)8-10-4-6-17-7-5-10/h1-9H/b13-8+. The van der Waals surface area contributed by atoms with Gasteiger partial charge >= 0.3 is 0 Å². The number of nitrogens with zero attached hydrogens (tertiary/aromatic N) is 2. The van der Waals surface area contributed by atoms with E-state index in [0.29, 0.717) is 19.9 Å². The molecule has 6 heteroatoms. The first kappa shape index (κ1) is 14.3.